The van der Waals surface area contributed by atoms with Gasteiger partial charge in [0.15, 0.2) is 0 Å². The van der Waals surface area contributed by atoms with Gasteiger partial charge in [-0.3, -0.25) is 0 Å². The van der Waals surface area contributed by atoms with Gasteiger partial charge in [-0.2, -0.15) is 0 Å². The second kappa shape index (κ2) is 7.74. The van der Waals surface area contributed by atoms with Crippen molar-refractivity contribution in [1.29, 1.82) is 0 Å². The third kappa shape index (κ3) is 3.95. The molecule has 0 aliphatic rings. The van der Waals surface area contributed by atoms with Crippen molar-refractivity contribution in [1.82, 2.24) is 5.32 Å². The molecule has 0 bridgehead atoms. The topological polar surface area (TPSA) is 67.5 Å². The van der Waals surface area contributed by atoms with Crippen molar-refractivity contribution in [2.75, 3.05) is 20.2 Å². The summed E-state index contributed by atoms with van der Waals surface area (Å²) in [6, 6.07) is 5.58. The molecule has 0 aliphatic heterocycles. The molecule has 18 heavy (non-hydrogen) atoms. The Balaban J connectivity index is 2.85. The number of nitrogens with two attached hydrogens (primary N) is 1. The van der Waals surface area contributed by atoms with Crippen LogP contribution in [0.15, 0.2) is 22.7 Å². The second-order valence-corrected chi connectivity index (χ2v) is 4.89. The van der Waals surface area contributed by atoms with E-state index >= 15 is 0 Å². The Hall–Kier alpha value is -0.620. The minimum absolute atomic E-state index is 0.0418. The van der Waals surface area contributed by atoms with E-state index in [-0.39, 0.29) is 6.04 Å². The van der Waals surface area contributed by atoms with E-state index in [4.69, 9.17) is 10.5 Å². The molecule has 102 valence electrons. The third-order valence-corrected chi connectivity index (χ3v) is 3.45. The smallest absolute Gasteiger partial charge is 0.133 e. The monoisotopic (exact) mass is 316 g/mol. The molecule has 0 aliphatic carbocycles. The second-order valence-electron chi connectivity index (χ2n) is 4.04. The van der Waals surface area contributed by atoms with E-state index in [1.165, 1.54) is 0 Å². The van der Waals surface area contributed by atoms with Crippen molar-refractivity contribution in [3.05, 3.63) is 28.2 Å². The molecule has 0 fully saturated rings. The van der Waals surface area contributed by atoms with Gasteiger partial charge in [0.2, 0.25) is 0 Å². The fraction of sp³-hybridized carbons (Fsp3) is 0.538. The first-order chi connectivity index (χ1) is 8.63. The number of nitrogens with one attached hydrogen (secondary N) is 1. The number of likely N-dealkylation sites (N-methyl/N-ethyl adjacent to an activating group) is 1. The van der Waals surface area contributed by atoms with Gasteiger partial charge in [0.25, 0.3) is 0 Å². The molecular formula is C13H21BrN2O2. The molecule has 2 unspecified atom stereocenters. The minimum atomic E-state index is -0.578. The van der Waals surface area contributed by atoms with Crippen molar-refractivity contribution in [2.45, 2.75) is 25.5 Å². The molecule has 0 amide bonds. The van der Waals surface area contributed by atoms with Gasteiger partial charge >= 0.3 is 0 Å². The highest BCUT2D eigenvalue weighted by Crippen LogP contribution is 2.29. The van der Waals surface area contributed by atoms with E-state index < -0.39 is 6.10 Å². The molecule has 5 heteroatoms. The molecule has 0 saturated heterocycles. The van der Waals surface area contributed by atoms with Gasteiger partial charge in [-0.1, -0.05) is 6.07 Å². The molecule has 1 rings (SSSR count). The molecule has 0 aromatic heterocycles. The summed E-state index contributed by atoms with van der Waals surface area (Å²) in [6.45, 7) is 3.10. The van der Waals surface area contributed by atoms with Crippen LogP contribution in [-0.4, -0.2) is 31.3 Å². The first-order valence-electron chi connectivity index (χ1n) is 6.11. The van der Waals surface area contributed by atoms with Crippen LogP contribution in [0.1, 0.15) is 25.0 Å². The van der Waals surface area contributed by atoms with Crippen molar-refractivity contribution < 1.29 is 9.84 Å². The number of benzene rings is 1. The summed E-state index contributed by atoms with van der Waals surface area (Å²) in [6.07, 6.45) is 0.146. The zero-order valence-electron chi connectivity index (χ0n) is 10.8. The van der Waals surface area contributed by atoms with Gasteiger partial charge < -0.3 is 20.9 Å². The highest BCUT2D eigenvalue weighted by molar-refractivity contribution is 9.10. The maximum atomic E-state index is 10.3. The summed E-state index contributed by atoms with van der Waals surface area (Å²) in [4.78, 5) is 0. The van der Waals surface area contributed by atoms with Crippen molar-refractivity contribution in [2.24, 2.45) is 5.73 Å². The summed E-state index contributed by atoms with van der Waals surface area (Å²) < 4.78 is 6.29. The van der Waals surface area contributed by atoms with E-state index in [2.05, 4.69) is 21.2 Å². The summed E-state index contributed by atoms with van der Waals surface area (Å²) >= 11 is 3.45. The summed E-state index contributed by atoms with van der Waals surface area (Å²) in [5.74, 6) is 0.785. The molecule has 1 aromatic rings. The van der Waals surface area contributed by atoms with Gasteiger partial charge in [0.05, 0.1) is 17.2 Å². The van der Waals surface area contributed by atoms with E-state index in [0.717, 1.165) is 22.2 Å². The fourth-order valence-electron chi connectivity index (χ4n) is 1.85. The van der Waals surface area contributed by atoms with Crippen LogP contribution in [0.3, 0.4) is 0 Å². The maximum absolute atomic E-state index is 10.3. The van der Waals surface area contributed by atoms with Gasteiger partial charge in [-0.15, -0.1) is 0 Å². The van der Waals surface area contributed by atoms with Crippen LogP contribution in [0, 0.1) is 0 Å². The third-order valence-electron chi connectivity index (χ3n) is 2.83. The van der Waals surface area contributed by atoms with Crippen molar-refractivity contribution in [3.63, 3.8) is 0 Å². The highest BCUT2D eigenvalue weighted by Gasteiger charge is 2.19. The zero-order valence-corrected chi connectivity index (χ0v) is 12.4. The number of ether oxygens (including phenoxy) is 1. The molecule has 2 atom stereocenters. The molecule has 0 heterocycles. The van der Waals surface area contributed by atoms with Gasteiger partial charge in [-0.25, -0.2) is 0 Å². The van der Waals surface area contributed by atoms with Crippen LogP contribution in [0.25, 0.3) is 0 Å². The zero-order chi connectivity index (χ0) is 13.5. The number of hydrogen-bond acceptors (Lipinski definition) is 4. The lowest BCUT2D eigenvalue weighted by molar-refractivity contribution is 0.129. The van der Waals surface area contributed by atoms with Crippen LogP contribution in [0.2, 0.25) is 0 Å². The van der Waals surface area contributed by atoms with Gasteiger partial charge in [-0.05, 0) is 60.6 Å². The first-order valence-corrected chi connectivity index (χ1v) is 6.91. The Labute approximate surface area is 117 Å². The molecule has 4 N–H and O–H groups in total. The van der Waals surface area contributed by atoms with Crippen LogP contribution >= 0.6 is 15.9 Å². The Bertz CT molecular complexity index is 374. The maximum Gasteiger partial charge on any atom is 0.133 e. The number of rotatable bonds is 7. The molecule has 4 nitrogen and oxygen atoms in total. The van der Waals surface area contributed by atoms with E-state index in [1.54, 1.807) is 0 Å². The lowest BCUT2D eigenvalue weighted by atomic mass is 10.00. The highest BCUT2D eigenvalue weighted by atomic mass is 79.9. The fourth-order valence-corrected chi connectivity index (χ4v) is 2.36. The normalized spacial score (nSPS) is 14.3. The predicted octanol–water partition coefficient (Wildman–Crippen LogP) is 1.82. The molecule has 0 radical (unpaired) electrons. The number of hydrogen-bond donors (Lipinski definition) is 3. The van der Waals surface area contributed by atoms with Crippen LogP contribution in [-0.2, 0) is 0 Å². The largest absolute Gasteiger partial charge is 0.493 e. The van der Waals surface area contributed by atoms with Crippen LogP contribution in [0.5, 0.6) is 5.75 Å². The SMILES string of the molecule is CCOc1ccc(C(O)C(CCN)NC)cc1Br. The van der Waals surface area contributed by atoms with Crippen LogP contribution in [0.4, 0.5) is 0 Å². The summed E-state index contributed by atoms with van der Waals surface area (Å²) in [5, 5.41) is 13.4. The minimum Gasteiger partial charge on any atom is -0.493 e. The quantitative estimate of drug-likeness (QED) is 0.718. The summed E-state index contributed by atoms with van der Waals surface area (Å²) in [7, 11) is 1.83. The average Bonchev–Trinajstić information content (AvgIpc) is 2.37. The van der Waals surface area contributed by atoms with E-state index in [0.29, 0.717) is 13.2 Å². The van der Waals surface area contributed by atoms with Crippen LogP contribution < -0.4 is 15.8 Å². The standard InChI is InChI=1S/C13H21BrN2O2/c1-3-18-12-5-4-9(8-10(12)14)13(17)11(16-2)6-7-15/h4-5,8,11,13,16-17H,3,6-7,15H2,1-2H3. The Morgan fingerprint density at radius 1 is 1.50 bits per heavy atom. The van der Waals surface area contributed by atoms with Gasteiger partial charge in [0.1, 0.15) is 5.75 Å². The molecular weight excluding hydrogens is 296 g/mol. The number of aliphatic hydroxyl groups is 1. The Morgan fingerprint density at radius 3 is 2.72 bits per heavy atom. The number of aliphatic hydroxyl groups excluding tert-OH is 1. The Morgan fingerprint density at radius 2 is 2.22 bits per heavy atom. The molecule has 0 spiro atoms. The number of halogens is 1. The van der Waals surface area contributed by atoms with E-state index in [9.17, 15) is 5.11 Å². The van der Waals surface area contributed by atoms with Crippen molar-refractivity contribution >= 4 is 15.9 Å². The molecule has 0 saturated carbocycles. The first kappa shape index (κ1) is 15.4. The summed E-state index contributed by atoms with van der Waals surface area (Å²) in [5.41, 5.74) is 6.38. The van der Waals surface area contributed by atoms with Gasteiger partial charge in [0, 0.05) is 6.04 Å². The van der Waals surface area contributed by atoms with E-state index in [1.807, 2.05) is 32.2 Å². The lowest BCUT2D eigenvalue weighted by Crippen LogP contribution is -2.34. The molecule has 1 aromatic carbocycles. The predicted molar refractivity (Wildman–Crippen MR) is 76.8 cm³/mol. The van der Waals surface area contributed by atoms with Crippen molar-refractivity contribution in [3.8, 4) is 5.75 Å². The average molecular weight is 317 g/mol. The lowest BCUT2D eigenvalue weighted by Gasteiger charge is -2.22. The Kier molecular flexibility index (Phi) is 6.63.